The first-order valence-electron chi connectivity index (χ1n) is 8.10. The zero-order chi connectivity index (χ0) is 17.7. The van der Waals surface area contributed by atoms with Crippen LogP contribution in [-0.2, 0) is 12.0 Å². The van der Waals surface area contributed by atoms with Crippen molar-refractivity contribution < 1.29 is 9.90 Å². The van der Waals surface area contributed by atoms with Gasteiger partial charge < -0.3 is 15.7 Å². The maximum absolute atomic E-state index is 12.1. The Hall–Kier alpha value is -2.34. The number of benzene rings is 1. The van der Waals surface area contributed by atoms with Crippen molar-refractivity contribution in [1.82, 2.24) is 15.1 Å². The average molecular weight is 330 g/mol. The van der Waals surface area contributed by atoms with Crippen LogP contribution in [0.25, 0.3) is 0 Å². The van der Waals surface area contributed by atoms with Crippen LogP contribution < -0.4 is 10.6 Å². The van der Waals surface area contributed by atoms with E-state index >= 15 is 0 Å². The van der Waals surface area contributed by atoms with E-state index in [1.54, 1.807) is 24.0 Å². The smallest absolute Gasteiger partial charge is 0.319 e. The van der Waals surface area contributed by atoms with E-state index < -0.39 is 6.10 Å². The zero-order valence-electron chi connectivity index (χ0n) is 14.7. The van der Waals surface area contributed by atoms with Crippen LogP contribution in [0.1, 0.15) is 33.3 Å². The van der Waals surface area contributed by atoms with E-state index in [1.807, 2.05) is 51.1 Å². The average Bonchev–Trinajstić information content (AvgIpc) is 2.96. The Kier molecular flexibility index (Phi) is 5.62. The summed E-state index contributed by atoms with van der Waals surface area (Å²) < 4.78 is 1.79. The predicted molar refractivity (Wildman–Crippen MR) is 95.0 cm³/mol. The SMILES string of the molecule is CC(NC(=O)Nc1cnn(C(C)(C)C)c1)C(O)Cc1ccccc1. The van der Waals surface area contributed by atoms with E-state index in [0.717, 1.165) is 5.56 Å². The Labute approximate surface area is 142 Å². The van der Waals surface area contributed by atoms with Gasteiger partial charge in [-0.15, -0.1) is 0 Å². The summed E-state index contributed by atoms with van der Waals surface area (Å²) in [6, 6.07) is 8.97. The quantitative estimate of drug-likeness (QED) is 0.789. The fourth-order valence-electron chi connectivity index (χ4n) is 2.26. The lowest BCUT2D eigenvalue weighted by atomic mass is 10.0. The second kappa shape index (κ2) is 7.49. The van der Waals surface area contributed by atoms with Gasteiger partial charge in [0.2, 0.25) is 0 Å². The number of carbonyl (C=O) groups is 1. The highest BCUT2D eigenvalue weighted by Gasteiger charge is 2.18. The van der Waals surface area contributed by atoms with Crippen LogP contribution in [0.3, 0.4) is 0 Å². The number of anilines is 1. The Morgan fingerprint density at radius 3 is 2.54 bits per heavy atom. The predicted octanol–water partition coefficient (Wildman–Crippen LogP) is 2.75. The number of nitrogens with one attached hydrogen (secondary N) is 2. The first-order valence-corrected chi connectivity index (χ1v) is 8.10. The summed E-state index contributed by atoms with van der Waals surface area (Å²) in [7, 11) is 0. The zero-order valence-corrected chi connectivity index (χ0v) is 14.7. The lowest BCUT2D eigenvalue weighted by Gasteiger charge is -2.20. The first-order chi connectivity index (χ1) is 11.3. The minimum absolute atomic E-state index is 0.143. The molecule has 1 aromatic carbocycles. The topological polar surface area (TPSA) is 79.2 Å². The summed E-state index contributed by atoms with van der Waals surface area (Å²) in [5.41, 5.74) is 1.51. The van der Waals surface area contributed by atoms with Crippen LogP contribution >= 0.6 is 0 Å². The number of hydrogen-bond donors (Lipinski definition) is 3. The van der Waals surface area contributed by atoms with Gasteiger partial charge in [-0.05, 0) is 33.3 Å². The number of aliphatic hydroxyl groups is 1. The first kappa shape index (κ1) is 18.0. The summed E-state index contributed by atoms with van der Waals surface area (Å²) >= 11 is 0. The molecular weight excluding hydrogens is 304 g/mol. The number of rotatable bonds is 5. The molecule has 2 unspecified atom stereocenters. The van der Waals surface area contributed by atoms with Gasteiger partial charge in [0.15, 0.2) is 0 Å². The Balaban J connectivity index is 1.86. The Bertz CT molecular complexity index is 661. The molecule has 2 aromatic rings. The highest BCUT2D eigenvalue weighted by molar-refractivity contribution is 5.89. The third kappa shape index (κ3) is 5.09. The van der Waals surface area contributed by atoms with Gasteiger partial charge in [0.25, 0.3) is 0 Å². The molecule has 0 spiro atoms. The molecule has 1 aromatic heterocycles. The number of amides is 2. The summed E-state index contributed by atoms with van der Waals surface area (Å²) in [4.78, 5) is 12.1. The number of carbonyl (C=O) groups excluding carboxylic acids is 1. The normalized spacial score (nSPS) is 14.0. The molecule has 3 N–H and O–H groups in total. The van der Waals surface area contributed by atoms with Crippen molar-refractivity contribution in [3.8, 4) is 0 Å². The molecule has 2 rings (SSSR count). The summed E-state index contributed by atoms with van der Waals surface area (Å²) in [6.45, 7) is 7.88. The molecule has 2 atom stereocenters. The molecule has 130 valence electrons. The molecule has 0 fully saturated rings. The molecule has 0 saturated carbocycles. The van der Waals surface area contributed by atoms with Gasteiger partial charge in [-0.2, -0.15) is 5.10 Å². The number of aromatic nitrogens is 2. The Morgan fingerprint density at radius 2 is 1.96 bits per heavy atom. The van der Waals surface area contributed by atoms with E-state index in [2.05, 4.69) is 15.7 Å². The van der Waals surface area contributed by atoms with Crippen molar-refractivity contribution in [1.29, 1.82) is 0 Å². The molecule has 0 bridgehead atoms. The van der Waals surface area contributed by atoms with Crippen LogP contribution in [0.5, 0.6) is 0 Å². The van der Waals surface area contributed by atoms with E-state index in [9.17, 15) is 9.90 Å². The van der Waals surface area contributed by atoms with Gasteiger partial charge in [-0.3, -0.25) is 4.68 Å². The van der Waals surface area contributed by atoms with Crippen LogP contribution in [0.15, 0.2) is 42.7 Å². The highest BCUT2D eigenvalue weighted by Crippen LogP contribution is 2.15. The van der Waals surface area contributed by atoms with Gasteiger partial charge >= 0.3 is 6.03 Å². The Morgan fingerprint density at radius 1 is 1.29 bits per heavy atom. The fraction of sp³-hybridized carbons (Fsp3) is 0.444. The molecule has 6 nitrogen and oxygen atoms in total. The highest BCUT2D eigenvalue weighted by atomic mass is 16.3. The number of nitrogens with zero attached hydrogens (tertiary/aromatic N) is 2. The van der Waals surface area contributed by atoms with Crippen LogP contribution in [0.4, 0.5) is 10.5 Å². The molecule has 0 aliphatic carbocycles. The molecule has 0 radical (unpaired) electrons. The molecule has 2 amide bonds. The van der Waals surface area contributed by atoms with Crippen molar-refractivity contribution in [2.24, 2.45) is 0 Å². The van der Waals surface area contributed by atoms with Crippen molar-refractivity contribution in [3.63, 3.8) is 0 Å². The third-order valence-electron chi connectivity index (χ3n) is 3.75. The van der Waals surface area contributed by atoms with E-state index in [1.165, 1.54) is 0 Å². The van der Waals surface area contributed by atoms with Crippen LogP contribution in [0.2, 0.25) is 0 Å². The minimum Gasteiger partial charge on any atom is -0.391 e. The van der Waals surface area contributed by atoms with Crippen molar-refractivity contribution in [2.45, 2.75) is 51.8 Å². The molecule has 0 aliphatic heterocycles. The molecule has 6 heteroatoms. The summed E-state index contributed by atoms with van der Waals surface area (Å²) in [5.74, 6) is 0. The van der Waals surface area contributed by atoms with E-state index in [-0.39, 0.29) is 17.6 Å². The molecule has 0 aliphatic rings. The van der Waals surface area contributed by atoms with Crippen molar-refractivity contribution in [3.05, 3.63) is 48.3 Å². The fourth-order valence-corrected chi connectivity index (χ4v) is 2.26. The van der Waals surface area contributed by atoms with Gasteiger partial charge in [-0.1, -0.05) is 30.3 Å². The van der Waals surface area contributed by atoms with E-state index in [4.69, 9.17) is 0 Å². The van der Waals surface area contributed by atoms with Gasteiger partial charge in [-0.25, -0.2) is 4.79 Å². The number of urea groups is 1. The standard InChI is InChI=1S/C18H26N4O2/c1-13(16(23)10-14-8-6-5-7-9-14)20-17(24)21-15-11-19-22(12-15)18(2,3)4/h5-9,11-13,16,23H,10H2,1-4H3,(H2,20,21,24). The molecule has 24 heavy (non-hydrogen) atoms. The second-order valence-corrected chi connectivity index (χ2v) is 6.99. The van der Waals surface area contributed by atoms with Gasteiger partial charge in [0.1, 0.15) is 0 Å². The largest absolute Gasteiger partial charge is 0.391 e. The number of aliphatic hydroxyl groups excluding tert-OH is 1. The summed E-state index contributed by atoms with van der Waals surface area (Å²) in [5, 5.41) is 20.0. The molecule has 0 saturated heterocycles. The van der Waals surface area contributed by atoms with Gasteiger partial charge in [0, 0.05) is 12.6 Å². The van der Waals surface area contributed by atoms with Crippen LogP contribution in [0, 0.1) is 0 Å². The third-order valence-corrected chi connectivity index (χ3v) is 3.75. The van der Waals surface area contributed by atoms with Gasteiger partial charge in [0.05, 0.1) is 29.6 Å². The lowest BCUT2D eigenvalue weighted by molar-refractivity contribution is 0.137. The molecule has 1 heterocycles. The minimum atomic E-state index is -0.657. The maximum atomic E-state index is 12.1. The maximum Gasteiger partial charge on any atom is 0.319 e. The monoisotopic (exact) mass is 330 g/mol. The van der Waals surface area contributed by atoms with Crippen molar-refractivity contribution in [2.75, 3.05) is 5.32 Å². The van der Waals surface area contributed by atoms with E-state index in [0.29, 0.717) is 12.1 Å². The van der Waals surface area contributed by atoms with Crippen molar-refractivity contribution >= 4 is 11.7 Å². The second-order valence-electron chi connectivity index (χ2n) is 6.99. The lowest BCUT2D eigenvalue weighted by Crippen LogP contribution is -2.44. The summed E-state index contributed by atoms with van der Waals surface area (Å²) in [6.07, 6.45) is 3.22. The molecular formula is C18H26N4O2. The number of hydrogen-bond acceptors (Lipinski definition) is 3. The van der Waals surface area contributed by atoms with Crippen LogP contribution in [-0.4, -0.2) is 33.1 Å².